The number of carbonyl (C=O) groups excluding carboxylic acids is 1. The second-order valence-electron chi connectivity index (χ2n) is 6.72. The van der Waals surface area contributed by atoms with Crippen molar-refractivity contribution in [1.82, 2.24) is 15.3 Å². The monoisotopic (exact) mass is 364 g/mol. The second kappa shape index (κ2) is 8.49. The maximum atomic E-state index is 12.0. The summed E-state index contributed by atoms with van der Waals surface area (Å²) in [6, 6.07) is 15.3. The quantitative estimate of drug-likeness (QED) is 0.676. The zero-order valence-electron chi connectivity index (χ0n) is 15.7. The molecule has 0 saturated carbocycles. The molecule has 3 rings (SSSR count). The number of aryl methyl sites for hydroxylation is 1. The van der Waals surface area contributed by atoms with Gasteiger partial charge in [0.15, 0.2) is 0 Å². The summed E-state index contributed by atoms with van der Waals surface area (Å²) in [7, 11) is 3.99. The van der Waals surface area contributed by atoms with Crippen molar-refractivity contribution in [1.29, 1.82) is 0 Å². The van der Waals surface area contributed by atoms with E-state index in [9.17, 15) is 9.59 Å². The summed E-state index contributed by atoms with van der Waals surface area (Å²) in [5.74, 6) is 0.612. The second-order valence-corrected chi connectivity index (χ2v) is 6.72. The minimum absolute atomic E-state index is 0.00479. The number of para-hydroxylation sites is 1. The van der Waals surface area contributed by atoms with Gasteiger partial charge in [0.1, 0.15) is 5.82 Å². The lowest BCUT2D eigenvalue weighted by Gasteiger charge is -2.13. The molecule has 0 radical (unpaired) electrons. The molecule has 1 aromatic heterocycles. The summed E-state index contributed by atoms with van der Waals surface area (Å²) in [4.78, 5) is 33.4. The van der Waals surface area contributed by atoms with Crippen LogP contribution in [0.5, 0.6) is 0 Å². The lowest BCUT2D eigenvalue weighted by Crippen LogP contribution is -2.22. The van der Waals surface area contributed by atoms with E-state index < -0.39 is 0 Å². The molecule has 6 heteroatoms. The van der Waals surface area contributed by atoms with E-state index in [0.29, 0.717) is 42.5 Å². The third-order valence-corrected chi connectivity index (χ3v) is 4.42. The van der Waals surface area contributed by atoms with E-state index in [1.165, 1.54) is 0 Å². The Kier molecular flexibility index (Phi) is 5.86. The Morgan fingerprint density at radius 1 is 1.11 bits per heavy atom. The largest absolute Gasteiger partial charge is 0.378 e. The number of aromatic nitrogens is 2. The van der Waals surface area contributed by atoms with Crippen LogP contribution in [0.25, 0.3) is 10.9 Å². The molecule has 0 unspecified atom stereocenters. The highest BCUT2D eigenvalue weighted by Gasteiger charge is 2.06. The molecule has 0 aliphatic rings. The number of amides is 1. The Morgan fingerprint density at radius 3 is 2.59 bits per heavy atom. The molecule has 27 heavy (non-hydrogen) atoms. The van der Waals surface area contributed by atoms with Gasteiger partial charge in [-0.2, -0.15) is 0 Å². The zero-order valence-corrected chi connectivity index (χ0v) is 15.7. The molecule has 0 aliphatic carbocycles. The Hall–Kier alpha value is -3.15. The molecule has 2 N–H and O–H groups in total. The number of benzene rings is 2. The first-order chi connectivity index (χ1) is 13.0. The van der Waals surface area contributed by atoms with E-state index >= 15 is 0 Å². The van der Waals surface area contributed by atoms with E-state index in [-0.39, 0.29) is 11.5 Å². The Bertz CT molecular complexity index is 977. The molecule has 0 fully saturated rings. The predicted octanol–water partition coefficient (Wildman–Crippen LogP) is 2.63. The zero-order chi connectivity index (χ0) is 19.2. The minimum atomic E-state index is -0.138. The van der Waals surface area contributed by atoms with E-state index in [4.69, 9.17) is 0 Å². The highest BCUT2D eigenvalue weighted by molar-refractivity contribution is 5.77. The maximum absolute atomic E-state index is 12.0. The number of fused-ring (bicyclic) bond motifs is 1. The van der Waals surface area contributed by atoms with Crippen molar-refractivity contribution < 1.29 is 4.79 Å². The number of hydrogen-bond donors (Lipinski definition) is 2. The molecule has 0 atom stereocenters. The fourth-order valence-electron chi connectivity index (χ4n) is 2.87. The Balaban J connectivity index is 1.47. The summed E-state index contributed by atoms with van der Waals surface area (Å²) in [5, 5.41) is 3.51. The van der Waals surface area contributed by atoms with E-state index in [1.54, 1.807) is 6.07 Å². The van der Waals surface area contributed by atoms with Crippen LogP contribution in [-0.4, -0.2) is 30.0 Å². The normalized spacial score (nSPS) is 10.7. The van der Waals surface area contributed by atoms with Gasteiger partial charge in [0.25, 0.3) is 5.56 Å². The molecule has 3 aromatic rings. The predicted molar refractivity (Wildman–Crippen MR) is 108 cm³/mol. The minimum Gasteiger partial charge on any atom is -0.378 e. The van der Waals surface area contributed by atoms with Gasteiger partial charge < -0.3 is 15.2 Å². The van der Waals surface area contributed by atoms with Crippen LogP contribution in [0.2, 0.25) is 0 Å². The molecule has 1 amide bonds. The summed E-state index contributed by atoms with van der Waals surface area (Å²) >= 11 is 0. The van der Waals surface area contributed by atoms with Crippen molar-refractivity contribution in [3.05, 3.63) is 70.3 Å². The molecule has 140 valence electrons. The van der Waals surface area contributed by atoms with Gasteiger partial charge in [0.2, 0.25) is 5.91 Å². The topological polar surface area (TPSA) is 78.1 Å². The van der Waals surface area contributed by atoms with Gasteiger partial charge in [0.05, 0.1) is 10.9 Å². The Morgan fingerprint density at radius 2 is 1.85 bits per heavy atom. The first kappa shape index (κ1) is 18.6. The fourth-order valence-corrected chi connectivity index (χ4v) is 2.87. The van der Waals surface area contributed by atoms with Crippen LogP contribution in [0.4, 0.5) is 5.69 Å². The molecule has 0 spiro atoms. The third kappa shape index (κ3) is 4.94. The molecule has 0 aliphatic heterocycles. The number of nitrogens with zero attached hydrogens (tertiary/aromatic N) is 2. The van der Waals surface area contributed by atoms with Gasteiger partial charge in [0, 0.05) is 39.2 Å². The number of hydrogen-bond acceptors (Lipinski definition) is 4. The van der Waals surface area contributed by atoms with Gasteiger partial charge >= 0.3 is 0 Å². The first-order valence-corrected chi connectivity index (χ1v) is 9.04. The molecule has 2 aromatic carbocycles. The number of anilines is 1. The van der Waals surface area contributed by atoms with Crippen LogP contribution in [0.15, 0.2) is 53.3 Å². The van der Waals surface area contributed by atoms with Crippen LogP contribution < -0.4 is 15.8 Å². The highest BCUT2D eigenvalue weighted by atomic mass is 16.1. The van der Waals surface area contributed by atoms with E-state index in [0.717, 1.165) is 11.3 Å². The van der Waals surface area contributed by atoms with Crippen molar-refractivity contribution in [2.75, 3.05) is 19.0 Å². The van der Waals surface area contributed by atoms with Crippen molar-refractivity contribution >= 4 is 22.5 Å². The van der Waals surface area contributed by atoms with Gasteiger partial charge in [-0.25, -0.2) is 4.98 Å². The molecular formula is C21H24N4O2. The summed E-state index contributed by atoms with van der Waals surface area (Å²) in [5.41, 5.74) is 2.74. The standard InChI is InChI=1S/C21H24N4O2/c1-25(2)16-12-10-15(11-13-16)14-22-20(26)9-5-8-19-23-18-7-4-3-6-17(18)21(27)24-19/h3-4,6-7,10-13H,5,8-9,14H2,1-2H3,(H,22,26)(H,23,24,27). The number of nitrogens with one attached hydrogen (secondary N) is 2. The molecule has 6 nitrogen and oxygen atoms in total. The van der Waals surface area contributed by atoms with Crippen molar-refractivity contribution in [3.63, 3.8) is 0 Å². The van der Waals surface area contributed by atoms with Crippen molar-refractivity contribution in [3.8, 4) is 0 Å². The summed E-state index contributed by atoms with van der Waals surface area (Å²) < 4.78 is 0. The highest BCUT2D eigenvalue weighted by Crippen LogP contribution is 2.12. The van der Waals surface area contributed by atoms with Gasteiger partial charge in [-0.15, -0.1) is 0 Å². The lowest BCUT2D eigenvalue weighted by molar-refractivity contribution is -0.121. The number of H-pyrrole nitrogens is 1. The van der Waals surface area contributed by atoms with Gasteiger partial charge in [-0.05, 0) is 36.2 Å². The SMILES string of the molecule is CN(C)c1ccc(CNC(=O)CCCc2nc3ccccc3c(=O)[nH]2)cc1. The van der Waals surface area contributed by atoms with Crippen molar-refractivity contribution in [2.45, 2.75) is 25.8 Å². The average Bonchev–Trinajstić information content (AvgIpc) is 2.67. The van der Waals surface area contributed by atoms with Crippen LogP contribution in [-0.2, 0) is 17.8 Å². The number of aromatic amines is 1. The smallest absolute Gasteiger partial charge is 0.258 e. The Labute approximate surface area is 158 Å². The van der Waals surface area contributed by atoms with Crippen LogP contribution in [0, 0.1) is 0 Å². The van der Waals surface area contributed by atoms with Crippen LogP contribution in [0.1, 0.15) is 24.2 Å². The number of carbonyl (C=O) groups is 1. The average molecular weight is 364 g/mol. The lowest BCUT2D eigenvalue weighted by atomic mass is 10.2. The van der Waals surface area contributed by atoms with Crippen molar-refractivity contribution in [2.24, 2.45) is 0 Å². The fraction of sp³-hybridized carbons (Fsp3) is 0.286. The maximum Gasteiger partial charge on any atom is 0.258 e. The van der Waals surface area contributed by atoms with Crippen LogP contribution >= 0.6 is 0 Å². The molecular weight excluding hydrogens is 340 g/mol. The van der Waals surface area contributed by atoms with E-state index in [2.05, 4.69) is 15.3 Å². The number of rotatable bonds is 7. The third-order valence-electron chi connectivity index (χ3n) is 4.42. The van der Waals surface area contributed by atoms with Gasteiger partial charge in [-0.3, -0.25) is 9.59 Å². The van der Waals surface area contributed by atoms with Crippen LogP contribution in [0.3, 0.4) is 0 Å². The molecule has 0 saturated heterocycles. The summed E-state index contributed by atoms with van der Waals surface area (Å²) in [6.07, 6.45) is 1.59. The first-order valence-electron chi connectivity index (χ1n) is 9.04. The van der Waals surface area contributed by atoms with E-state index in [1.807, 2.05) is 61.5 Å². The molecule has 0 bridgehead atoms. The van der Waals surface area contributed by atoms with Gasteiger partial charge in [-0.1, -0.05) is 24.3 Å². The summed E-state index contributed by atoms with van der Waals surface area (Å²) in [6.45, 7) is 0.512. The molecule has 1 heterocycles.